The Morgan fingerprint density at radius 3 is 2.38 bits per heavy atom. The van der Waals surface area contributed by atoms with Crippen LogP contribution in [-0.4, -0.2) is 26.4 Å². The van der Waals surface area contributed by atoms with E-state index < -0.39 is 18.9 Å². The van der Waals surface area contributed by atoms with Crippen molar-refractivity contribution in [1.82, 2.24) is 5.32 Å². The fourth-order valence-electron chi connectivity index (χ4n) is 1.32. The molecule has 1 atom stereocenters. The van der Waals surface area contributed by atoms with Crippen molar-refractivity contribution in [3.63, 3.8) is 0 Å². The standard InChI is InChI=1S/C11H14F3NO/c1-15-7-10(16-8-11(12,13)14)9-5-3-2-4-6-9/h2-6,10,15H,7-8H2,1H3. The average molecular weight is 233 g/mol. The van der Waals surface area contributed by atoms with Crippen molar-refractivity contribution in [3.8, 4) is 0 Å². The van der Waals surface area contributed by atoms with Crippen LogP contribution in [0.2, 0.25) is 0 Å². The molecule has 16 heavy (non-hydrogen) atoms. The maximum Gasteiger partial charge on any atom is 0.411 e. The second-order valence-corrected chi connectivity index (χ2v) is 3.38. The molecule has 1 rings (SSSR count). The largest absolute Gasteiger partial charge is 0.411 e. The number of hydrogen-bond acceptors (Lipinski definition) is 2. The summed E-state index contributed by atoms with van der Waals surface area (Å²) in [5.74, 6) is 0. The molecule has 2 nitrogen and oxygen atoms in total. The maximum absolute atomic E-state index is 12.0. The van der Waals surface area contributed by atoms with E-state index in [1.807, 2.05) is 6.07 Å². The van der Waals surface area contributed by atoms with Crippen LogP contribution in [0.1, 0.15) is 11.7 Å². The molecule has 0 aromatic heterocycles. The Morgan fingerprint density at radius 2 is 1.88 bits per heavy atom. The molecular formula is C11H14F3NO. The van der Waals surface area contributed by atoms with E-state index in [1.54, 1.807) is 31.3 Å². The number of rotatable bonds is 5. The molecule has 1 aromatic rings. The van der Waals surface area contributed by atoms with Crippen LogP contribution in [0, 0.1) is 0 Å². The van der Waals surface area contributed by atoms with Gasteiger partial charge in [-0.3, -0.25) is 0 Å². The molecule has 0 spiro atoms. The quantitative estimate of drug-likeness (QED) is 0.843. The van der Waals surface area contributed by atoms with Gasteiger partial charge in [0.05, 0.1) is 6.10 Å². The van der Waals surface area contributed by atoms with Crippen LogP contribution in [0.3, 0.4) is 0 Å². The van der Waals surface area contributed by atoms with E-state index in [0.29, 0.717) is 6.54 Å². The molecule has 1 unspecified atom stereocenters. The van der Waals surface area contributed by atoms with Gasteiger partial charge in [0.15, 0.2) is 0 Å². The molecule has 5 heteroatoms. The maximum atomic E-state index is 12.0. The lowest BCUT2D eigenvalue weighted by Crippen LogP contribution is -2.25. The first-order valence-electron chi connectivity index (χ1n) is 4.91. The molecule has 0 fully saturated rings. The molecule has 0 saturated heterocycles. The Bertz CT molecular complexity index is 300. The third-order valence-corrected chi connectivity index (χ3v) is 2.01. The summed E-state index contributed by atoms with van der Waals surface area (Å²) in [6.45, 7) is -0.881. The molecule has 1 aromatic carbocycles. The molecule has 0 saturated carbocycles. The lowest BCUT2D eigenvalue weighted by Gasteiger charge is -2.19. The van der Waals surface area contributed by atoms with Gasteiger partial charge in [-0.2, -0.15) is 13.2 Å². The SMILES string of the molecule is CNCC(OCC(F)(F)F)c1ccccc1. The van der Waals surface area contributed by atoms with Gasteiger partial charge in [-0.15, -0.1) is 0 Å². The molecule has 0 aliphatic heterocycles. The highest BCUT2D eigenvalue weighted by atomic mass is 19.4. The van der Waals surface area contributed by atoms with Gasteiger partial charge in [-0.05, 0) is 12.6 Å². The monoisotopic (exact) mass is 233 g/mol. The van der Waals surface area contributed by atoms with Crippen LogP contribution in [0.15, 0.2) is 30.3 Å². The van der Waals surface area contributed by atoms with Gasteiger partial charge < -0.3 is 10.1 Å². The Morgan fingerprint density at radius 1 is 1.25 bits per heavy atom. The molecule has 0 amide bonds. The third-order valence-electron chi connectivity index (χ3n) is 2.01. The first-order chi connectivity index (χ1) is 7.53. The summed E-state index contributed by atoms with van der Waals surface area (Å²) in [7, 11) is 1.67. The fourth-order valence-corrected chi connectivity index (χ4v) is 1.32. The van der Waals surface area contributed by atoms with Gasteiger partial charge >= 0.3 is 6.18 Å². The highest BCUT2D eigenvalue weighted by Gasteiger charge is 2.29. The molecule has 0 radical (unpaired) electrons. The summed E-state index contributed by atoms with van der Waals surface area (Å²) in [6, 6.07) is 8.85. The van der Waals surface area contributed by atoms with Crippen LogP contribution < -0.4 is 5.32 Å². The highest BCUT2D eigenvalue weighted by Crippen LogP contribution is 2.21. The summed E-state index contributed by atoms with van der Waals surface area (Å²) in [4.78, 5) is 0. The van der Waals surface area contributed by atoms with Crippen molar-refractivity contribution < 1.29 is 17.9 Å². The number of hydrogen-bond donors (Lipinski definition) is 1. The van der Waals surface area contributed by atoms with Crippen molar-refractivity contribution in [2.45, 2.75) is 12.3 Å². The molecule has 0 aliphatic rings. The van der Waals surface area contributed by atoms with Gasteiger partial charge in [-0.25, -0.2) is 0 Å². The zero-order valence-corrected chi connectivity index (χ0v) is 8.92. The molecule has 0 bridgehead atoms. The van der Waals surface area contributed by atoms with Crippen LogP contribution in [-0.2, 0) is 4.74 Å². The zero-order valence-electron chi connectivity index (χ0n) is 8.92. The minimum absolute atomic E-state index is 0.347. The lowest BCUT2D eigenvalue weighted by molar-refractivity contribution is -0.185. The fraction of sp³-hybridized carbons (Fsp3) is 0.455. The van der Waals surface area contributed by atoms with Crippen molar-refractivity contribution in [1.29, 1.82) is 0 Å². The van der Waals surface area contributed by atoms with E-state index in [9.17, 15) is 13.2 Å². The van der Waals surface area contributed by atoms with Crippen molar-refractivity contribution in [2.24, 2.45) is 0 Å². The van der Waals surface area contributed by atoms with E-state index in [0.717, 1.165) is 5.56 Å². The predicted molar refractivity (Wildman–Crippen MR) is 55.1 cm³/mol. The summed E-state index contributed by atoms with van der Waals surface area (Å²) < 4.78 is 40.9. The second-order valence-electron chi connectivity index (χ2n) is 3.38. The number of alkyl halides is 3. The molecule has 90 valence electrons. The Hall–Kier alpha value is -1.07. The summed E-state index contributed by atoms with van der Waals surface area (Å²) in [5.41, 5.74) is 0.737. The molecule has 1 N–H and O–H groups in total. The minimum Gasteiger partial charge on any atom is -0.363 e. The predicted octanol–water partition coefficient (Wildman–Crippen LogP) is 2.53. The van der Waals surface area contributed by atoms with Gasteiger partial charge in [0.25, 0.3) is 0 Å². The van der Waals surface area contributed by atoms with E-state index in [1.165, 1.54) is 0 Å². The minimum atomic E-state index is -4.29. The van der Waals surface area contributed by atoms with Crippen molar-refractivity contribution >= 4 is 0 Å². The van der Waals surface area contributed by atoms with E-state index in [-0.39, 0.29) is 0 Å². The Labute approximate surface area is 92.4 Å². The van der Waals surface area contributed by atoms with Gasteiger partial charge in [0.2, 0.25) is 0 Å². The van der Waals surface area contributed by atoms with Crippen LogP contribution >= 0.6 is 0 Å². The number of halogens is 3. The molecule has 0 aliphatic carbocycles. The van der Waals surface area contributed by atoms with Gasteiger partial charge in [0, 0.05) is 6.54 Å². The van der Waals surface area contributed by atoms with Gasteiger partial charge in [0.1, 0.15) is 6.61 Å². The number of nitrogens with one attached hydrogen (secondary N) is 1. The van der Waals surface area contributed by atoms with Crippen LogP contribution in [0.4, 0.5) is 13.2 Å². The van der Waals surface area contributed by atoms with Crippen LogP contribution in [0.5, 0.6) is 0 Å². The van der Waals surface area contributed by atoms with Crippen molar-refractivity contribution in [2.75, 3.05) is 20.2 Å². The van der Waals surface area contributed by atoms with E-state index in [4.69, 9.17) is 4.74 Å². The van der Waals surface area contributed by atoms with E-state index in [2.05, 4.69) is 5.32 Å². The highest BCUT2D eigenvalue weighted by molar-refractivity contribution is 5.17. The second kappa shape index (κ2) is 5.86. The third kappa shape index (κ3) is 4.63. The topological polar surface area (TPSA) is 21.3 Å². The van der Waals surface area contributed by atoms with Crippen LogP contribution in [0.25, 0.3) is 0 Å². The molecule has 0 heterocycles. The number of likely N-dealkylation sites (N-methyl/N-ethyl adjacent to an activating group) is 1. The first-order valence-corrected chi connectivity index (χ1v) is 4.91. The van der Waals surface area contributed by atoms with Gasteiger partial charge in [-0.1, -0.05) is 30.3 Å². The van der Waals surface area contributed by atoms with Crippen molar-refractivity contribution in [3.05, 3.63) is 35.9 Å². The number of ether oxygens (including phenoxy) is 1. The summed E-state index contributed by atoms with van der Waals surface area (Å²) in [5, 5.41) is 2.81. The average Bonchev–Trinajstić information content (AvgIpc) is 2.24. The summed E-state index contributed by atoms with van der Waals surface area (Å²) >= 11 is 0. The molecular weight excluding hydrogens is 219 g/mol. The Kier molecular flexibility index (Phi) is 4.76. The zero-order chi connectivity index (χ0) is 12.0. The normalized spacial score (nSPS) is 13.8. The lowest BCUT2D eigenvalue weighted by atomic mass is 10.1. The Balaban J connectivity index is 2.61. The first kappa shape index (κ1) is 13.0. The number of benzene rings is 1. The smallest absolute Gasteiger partial charge is 0.363 e. The summed E-state index contributed by atoms with van der Waals surface area (Å²) in [6.07, 6.45) is -4.87. The van der Waals surface area contributed by atoms with E-state index >= 15 is 0 Å².